The fourth-order valence-electron chi connectivity index (χ4n) is 1.18. The van der Waals surface area contributed by atoms with Crippen LogP contribution in [0.15, 0.2) is 20.9 Å². The highest BCUT2D eigenvalue weighted by molar-refractivity contribution is 14.0. The Balaban J connectivity index is 0.00000289. The minimum Gasteiger partial charge on any atom is -0.356 e. The highest BCUT2D eigenvalue weighted by atomic mass is 127. The largest absolute Gasteiger partial charge is 0.356 e. The predicted octanol–water partition coefficient (Wildman–Crippen LogP) is 2.82. The molecule has 1 heterocycles. The van der Waals surface area contributed by atoms with Gasteiger partial charge in [0.1, 0.15) is 4.34 Å². The summed E-state index contributed by atoms with van der Waals surface area (Å²) in [7, 11) is 1.80. The summed E-state index contributed by atoms with van der Waals surface area (Å²) in [6.45, 7) is 4.06. The molecule has 0 saturated heterocycles. The molecule has 0 aromatic carbocycles. The van der Waals surface area contributed by atoms with Gasteiger partial charge in [0, 0.05) is 37.5 Å². The number of aliphatic imine (C=N–C) groups is 1. The number of nitrogens with zero attached hydrogens (tertiary/aromatic N) is 2. The molecule has 0 bridgehead atoms. The molecule has 0 aliphatic rings. The maximum absolute atomic E-state index is 4.23. The minimum absolute atomic E-state index is 0. The highest BCUT2D eigenvalue weighted by Gasteiger charge is 1.97. The molecule has 1 rings (SSSR count). The number of nitrogens with one attached hydrogen (secondary N) is 2. The van der Waals surface area contributed by atoms with Crippen LogP contribution in [0.25, 0.3) is 0 Å². The van der Waals surface area contributed by atoms with Gasteiger partial charge in [-0.05, 0) is 12.8 Å². The SMILES string of the molecule is CCCNC(=NC)NCCCSc1nccs1.I. The van der Waals surface area contributed by atoms with Crippen molar-refractivity contribution in [1.29, 1.82) is 0 Å². The molecule has 0 spiro atoms. The third-order valence-electron chi connectivity index (χ3n) is 2.01. The number of hydrogen-bond acceptors (Lipinski definition) is 4. The van der Waals surface area contributed by atoms with Gasteiger partial charge in [-0.2, -0.15) is 0 Å². The van der Waals surface area contributed by atoms with Gasteiger partial charge >= 0.3 is 0 Å². The summed E-state index contributed by atoms with van der Waals surface area (Å²) in [5, 5.41) is 8.55. The van der Waals surface area contributed by atoms with E-state index in [1.807, 2.05) is 23.3 Å². The Bertz CT molecular complexity index is 317. The van der Waals surface area contributed by atoms with E-state index < -0.39 is 0 Å². The molecule has 104 valence electrons. The molecule has 0 amide bonds. The Labute approximate surface area is 134 Å². The van der Waals surface area contributed by atoms with E-state index >= 15 is 0 Å². The first-order chi connectivity index (χ1) is 8.36. The molecule has 0 fully saturated rings. The summed E-state index contributed by atoms with van der Waals surface area (Å²) in [5.41, 5.74) is 0. The summed E-state index contributed by atoms with van der Waals surface area (Å²) in [4.78, 5) is 8.38. The number of thiazole rings is 1. The zero-order chi connectivity index (χ0) is 12.3. The second-order valence-electron chi connectivity index (χ2n) is 3.43. The van der Waals surface area contributed by atoms with Crippen LogP contribution in [0.4, 0.5) is 0 Å². The summed E-state index contributed by atoms with van der Waals surface area (Å²) < 4.78 is 1.15. The van der Waals surface area contributed by atoms with Gasteiger partial charge in [-0.15, -0.1) is 35.3 Å². The van der Waals surface area contributed by atoms with E-state index in [0.29, 0.717) is 0 Å². The molecule has 0 unspecified atom stereocenters. The van der Waals surface area contributed by atoms with E-state index in [-0.39, 0.29) is 24.0 Å². The molecule has 0 saturated carbocycles. The molecule has 18 heavy (non-hydrogen) atoms. The van der Waals surface area contributed by atoms with Crippen molar-refractivity contribution in [3.05, 3.63) is 11.6 Å². The predicted molar refractivity (Wildman–Crippen MR) is 92.5 cm³/mol. The lowest BCUT2D eigenvalue weighted by Gasteiger charge is -2.10. The van der Waals surface area contributed by atoms with E-state index in [4.69, 9.17) is 0 Å². The molecule has 4 nitrogen and oxygen atoms in total. The van der Waals surface area contributed by atoms with Crippen molar-refractivity contribution in [2.45, 2.75) is 24.1 Å². The lowest BCUT2D eigenvalue weighted by molar-refractivity contribution is 0.767. The molecule has 1 aromatic heterocycles. The van der Waals surface area contributed by atoms with Crippen molar-refractivity contribution in [1.82, 2.24) is 15.6 Å². The molecule has 0 aliphatic heterocycles. The van der Waals surface area contributed by atoms with Crippen molar-refractivity contribution in [2.75, 3.05) is 25.9 Å². The average Bonchev–Trinajstić information content (AvgIpc) is 2.85. The third-order valence-corrected chi connectivity index (χ3v) is 4.07. The summed E-state index contributed by atoms with van der Waals surface area (Å²) in [5.74, 6) is 1.98. The van der Waals surface area contributed by atoms with Crippen LogP contribution in [-0.2, 0) is 0 Å². The van der Waals surface area contributed by atoms with Crippen LogP contribution < -0.4 is 10.6 Å². The van der Waals surface area contributed by atoms with Crippen molar-refractivity contribution < 1.29 is 0 Å². The Morgan fingerprint density at radius 3 is 2.83 bits per heavy atom. The van der Waals surface area contributed by atoms with Crippen molar-refractivity contribution in [3.63, 3.8) is 0 Å². The van der Waals surface area contributed by atoms with Gasteiger partial charge in [-0.25, -0.2) is 4.98 Å². The first-order valence-electron chi connectivity index (χ1n) is 5.83. The number of halogens is 1. The van der Waals surface area contributed by atoms with E-state index in [1.165, 1.54) is 0 Å². The van der Waals surface area contributed by atoms with E-state index in [1.54, 1.807) is 18.4 Å². The number of guanidine groups is 1. The van der Waals surface area contributed by atoms with Crippen molar-refractivity contribution >= 4 is 53.0 Å². The summed E-state index contributed by atoms with van der Waals surface area (Å²) in [6.07, 6.45) is 4.07. The molecule has 0 aliphatic carbocycles. The minimum atomic E-state index is 0. The Morgan fingerprint density at radius 2 is 2.22 bits per heavy atom. The van der Waals surface area contributed by atoms with Gasteiger partial charge < -0.3 is 10.6 Å². The van der Waals surface area contributed by atoms with Crippen LogP contribution in [0.5, 0.6) is 0 Å². The quantitative estimate of drug-likeness (QED) is 0.243. The number of hydrogen-bond donors (Lipinski definition) is 2. The van der Waals surface area contributed by atoms with Crippen LogP contribution in [0.1, 0.15) is 19.8 Å². The third kappa shape index (κ3) is 8.15. The lowest BCUT2D eigenvalue weighted by Crippen LogP contribution is -2.38. The zero-order valence-electron chi connectivity index (χ0n) is 10.8. The molecule has 7 heteroatoms. The summed E-state index contributed by atoms with van der Waals surface area (Å²) >= 11 is 3.51. The fourth-order valence-corrected chi connectivity index (χ4v) is 2.83. The Morgan fingerprint density at radius 1 is 1.44 bits per heavy atom. The molecule has 1 aromatic rings. The molecule has 0 radical (unpaired) electrons. The zero-order valence-corrected chi connectivity index (χ0v) is 14.8. The molecular formula is C11H21IN4S2. The highest BCUT2D eigenvalue weighted by Crippen LogP contribution is 2.20. The Kier molecular flexibility index (Phi) is 12.0. The van der Waals surface area contributed by atoms with Crippen LogP contribution in [0.3, 0.4) is 0 Å². The fraction of sp³-hybridized carbons (Fsp3) is 0.636. The topological polar surface area (TPSA) is 49.3 Å². The number of thioether (sulfide) groups is 1. The lowest BCUT2D eigenvalue weighted by atomic mass is 10.4. The second-order valence-corrected chi connectivity index (χ2v) is 5.66. The van der Waals surface area contributed by atoms with Crippen molar-refractivity contribution in [2.24, 2.45) is 4.99 Å². The first kappa shape index (κ1) is 18.0. The van der Waals surface area contributed by atoms with Crippen LogP contribution >= 0.6 is 47.1 Å². The normalized spacial score (nSPS) is 10.9. The molecule has 2 N–H and O–H groups in total. The van der Waals surface area contributed by atoms with Gasteiger partial charge in [-0.1, -0.05) is 18.7 Å². The van der Waals surface area contributed by atoms with Gasteiger partial charge in [0.05, 0.1) is 0 Å². The average molecular weight is 400 g/mol. The van der Waals surface area contributed by atoms with E-state index in [2.05, 4.69) is 27.5 Å². The van der Waals surface area contributed by atoms with Crippen LogP contribution in [0, 0.1) is 0 Å². The van der Waals surface area contributed by atoms with Crippen LogP contribution in [-0.4, -0.2) is 36.8 Å². The van der Waals surface area contributed by atoms with E-state index in [0.717, 1.165) is 42.0 Å². The number of rotatable bonds is 7. The maximum atomic E-state index is 4.23. The molecule has 0 atom stereocenters. The molecular weight excluding hydrogens is 379 g/mol. The second kappa shape index (κ2) is 12.0. The monoisotopic (exact) mass is 400 g/mol. The van der Waals surface area contributed by atoms with Gasteiger partial charge in [0.25, 0.3) is 0 Å². The smallest absolute Gasteiger partial charge is 0.190 e. The first-order valence-corrected chi connectivity index (χ1v) is 7.70. The van der Waals surface area contributed by atoms with Gasteiger partial charge in [0.15, 0.2) is 5.96 Å². The number of aromatic nitrogens is 1. The van der Waals surface area contributed by atoms with Gasteiger partial charge in [-0.3, -0.25) is 4.99 Å². The van der Waals surface area contributed by atoms with Crippen molar-refractivity contribution in [3.8, 4) is 0 Å². The maximum Gasteiger partial charge on any atom is 0.190 e. The Hall–Kier alpha value is -0.0200. The summed E-state index contributed by atoms with van der Waals surface area (Å²) in [6, 6.07) is 0. The van der Waals surface area contributed by atoms with E-state index in [9.17, 15) is 0 Å². The van der Waals surface area contributed by atoms with Gasteiger partial charge in [0.2, 0.25) is 0 Å². The standard InChI is InChI=1S/C11H20N4S2.HI/c1-3-5-13-10(12-2)14-6-4-8-16-11-15-7-9-17-11;/h7,9H,3-6,8H2,1-2H3,(H2,12,13,14);1H. The van der Waals surface area contributed by atoms with Crippen LogP contribution in [0.2, 0.25) is 0 Å².